The Morgan fingerprint density at radius 1 is 1.09 bits per heavy atom. The molecule has 3 heterocycles. The van der Waals surface area contributed by atoms with Crippen LogP contribution in [0.15, 0.2) is 30.6 Å². The van der Waals surface area contributed by atoms with E-state index in [9.17, 15) is 15.3 Å². The van der Waals surface area contributed by atoms with Gasteiger partial charge in [-0.15, -0.1) is 0 Å². The molecular formula is C20H13B4N7O2. The number of fused-ring (bicyclic) bond motifs is 1. The number of aromatic nitrogens is 3. The predicted molar refractivity (Wildman–Crippen MR) is 123 cm³/mol. The zero-order valence-corrected chi connectivity index (χ0v) is 17.8. The van der Waals surface area contributed by atoms with Gasteiger partial charge in [-0.05, 0) is 42.8 Å². The molecule has 2 N–H and O–H groups in total. The zero-order chi connectivity index (χ0) is 24.3. The van der Waals surface area contributed by atoms with Crippen LogP contribution in [-0.4, -0.2) is 68.2 Å². The molecule has 2 aromatic heterocycles. The Morgan fingerprint density at radius 2 is 1.76 bits per heavy atom. The Kier molecular flexibility index (Phi) is 4.88. The number of carbonyl (C=O) groups excluding carboxylic acids is 1. The van der Waals surface area contributed by atoms with E-state index in [1.807, 2.05) is 6.07 Å². The molecule has 1 aliphatic heterocycles. The average molecular weight is 427 g/mol. The Labute approximate surface area is 195 Å². The number of nitriles is 2. The van der Waals surface area contributed by atoms with Gasteiger partial charge < -0.3 is 15.4 Å². The van der Waals surface area contributed by atoms with E-state index in [1.165, 1.54) is 36.8 Å². The third-order valence-corrected chi connectivity index (χ3v) is 5.50. The second-order valence-corrected chi connectivity index (χ2v) is 8.18. The van der Waals surface area contributed by atoms with Crippen LogP contribution in [0.2, 0.25) is 0 Å². The maximum atomic E-state index is 13.3. The van der Waals surface area contributed by atoms with Crippen molar-refractivity contribution in [1.82, 2.24) is 14.6 Å². The van der Waals surface area contributed by atoms with E-state index in [0.29, 0.717) is 16.8 Å². The lowest BCUT2D eigenvalue weighted by Gasteiger charge is -2.59. The molecule has 33 heavy (non-hydrogen) atoms. The van der Waals surface area contributed by atoms with Crippen molar-refractivity contribution in [3.8, 4) is 23.4 Å². The minimum absolute atomic E-state index is 0.0529. The van der Waals surface area contributed by atoms with Crippen molar-refractivity contribution < 1.29 is 9.53 Å². The summed E-state index contributed by atoms with van der Waals surface area (Å²) in [6, 6.07) is 10.2. The molecule has 9 nitrogen and oxygen atoms in total. The number of nitrogen functional groups attached to an aromatic ring is 1. The fraction of sp³-hybridized carbons (Fsp3) is 0.250. The van der Waals surface area contributed by atoms with Gasteiger partial charge in [-0.1, -0.05) is 6.07 Å². The first-order chi connectivity index (χ1) is 15.4. The SMILES string of the molecule is [B]C1([B])OC(C)(C)C(=O)N(c2cc(-c3cc(C#N)c4c(N)ncnn34)ccc2C#N)C1([B])[B]. The quantitative estimate of drug-likeness (QED) is 0.563. The van der Waals surface area contributed by atoms with Crippen LogP contribution in [0.4, 0.5) is 11.5 Å². The summed E-state index contributed by atoms with van der Waals surface area (Å²) in [6.45, 7) is 2.92. The van der Waals surface area contributed by atoms with Crippen LogP contribution in [-0.2, 0) is 9.53 Å². The standard InChI is InChI=1S/C20H13B4N7O2/c1-18(2)17(32)30(19(21,22)20(23,24)33-18)13-5-10(3-4-11(13)7-25)14-6-12(8-26)15-16(27)28-9-29-31(14)15/h3-6,9H,1-2H3,(H2,27,28,29). The Hall–Kier alpha value is -3.69. The van der Waals surface area contributed by atoms with E-state index >= 15 is 0 Å². The lowest BCUT2D eigenvalue weighted by atomic mass is 9.38. The number of hydrogen-bond donors (Lipinski definition) is 1. The van der Waals surface area contributed by atoms with Gasteiger partial charge in [-0.3, -0.25) is 4.79 Å². The van der Waals surface area contributed by atoms with Crippen molar-refractivity contribution in [3.63, 3.8) is 0 Å². The van der Waals surface area contributed by atoms with Crippen LogP contribution in [0.3, 0.4) is 0 Å². The number of rotatable bonds is 2. The van der Waals surface area contributed by atoms with E-state index in [2.05, 4.69) is 16.2 Å². The number of anilines is 2. The van der Waals surface area contributed by atoms with Crippen LogP contribution in [0.25, 0.3) is 16.8 Å². The van der Waals surface area contributed by atoms with E-state index < -0.39 is 22.2 Å². The lowest BCUT2D eigenvalue weighted by molar-refractivity contribution is -0.155. The van der Waals surface area contributed by atoms with E-state index in [0.717, 1.165) is 4.90 Å². The first-order valence-corrected chi connectivity index (χ1v) is 9.63. The van der Waals surface area contributed by atoms with Gasteiger partial charge >= 0.3 is 0 Å². The van der Waals surface area contributed by atoms with Crippen LogP contribution in [0, 0.1) is 22.7 Å². The number of benzene rings is 1. The maximum Gasteiger partial charge on any atom is 0.257 e. The zero-order valence-electron chi connectivity index (χ0n) is 17.8. The summed E-state index contributed by atoms with van der Waals surface area (Å²) in [5, 5.41) is 19.1. The molecule has 0 unspecified atom stereocenters. The second kappa shape index (κ2) is 7.16. The summed E-state index contributed by atoms with van der Waals surface area (Å²) in [6.07, 6.45) is 1.24. The van der Waals surface area contributed by atoms with Crippen LogP contribution in [0.5, 0.6) is 0 Å². The van der Waals surface area contributed by atoms with Crippen LogP contribution < -0.4 is 10.6 Å². The molecule has 4 rings (SSSR count). The van der Waals surface area contributed by atoms with Gasteiger partial charge in [0, 0.05) is 5.56 Å². The Bertz CT molecular complexity index is 1400. The third-order valence-electron chi connectivity index (χ3n) is 5.50. The molecule has 1 aliphatic rings. The lowest BCUT2D eigenvalue weighted by Crippen LogP contribution is -2.78. The topological polar surface area (TPSA) is 133 Å². The van der Waals surface area contributed by atoms with Crippen molar-refractivity contribution in [1.29, 1.82) is 10.5 Å². The van der Waals surface area contributed by atoms with E-state index in [4.69, 9.17) is 41.9 Å². The second-order valence-electron chi connectivity index (χ2n) is 8.18. The highest BCUT2D eigenvalue weighted by atomic mass is 16.5. The van der Waals surface area contributed by atoms with Crippen molar-refractivity contribution >= 4 is 54.3 Å². The molecule has 0 bridgehead atoms. The number of ether oxygens (including phenoxy) is 1. The highest BCUT2D eigenvalue weighted by Crippen LogP contribution is 2.41. The highest BCUT2D eigenvalue weighted by Gasteiger charge is 2.55. The molecule has 13 heteroatoms. The van der Waals surface area contributed by atoms with Crippen molar-refractivity contribution in [3.05, 3.63) is 41.7 Å². The fourth-order valence-electron chi connectivity index (χ4n) is 3.80. The average Bonchev–Trinajstić information content (AvgIpc) is 3.12. The van der Waals surface area contributed by atoms with Gasteiger partial charge in [0.1, 0.15) is 45.3 Å². The number of carbonyl (C=O) groups is 1. The molecule has 0 atom stereocenters. The summed E-state index contributed by atoms with van der Waals surface area (Å²) in [4.78, 5) is 18.2. The van der Waals surface area contributed by atoms with Gasteiger partial charge in [0.25, 0.3) is 5.91 Å². The normalized spacial score (nSPS) is 18.5. The molecule has 0 saturated carbocycles. The minimum Gasteiger partial charge on any atom is -0.382 e. The van der Waals surface area contributed by atoms with Gasteiger partial charge in [0.15, 0.2) is 5.82 Å². The Balaban J connectivity index is 1.99. The van der Waals surface area contributed by atoms with Gasteiger partial charge in [0.05, 0.1) is 38.2 Å². The van der Waals surface area contributed by atoms with Gasteiger partial charge in [-0.2, -0.15) is 15.6 Å². The third kappa shape index (κ3) is 3.20. The molecule has 1 fully saturated rings. The molecule has 152 valence electrons. The summed E-state index contributed by atoms with van der Waals surface area (Å²) in [5.74, 6) is -0.539. The number of morpholine rings is 1. The number of nitrogens with two attached hydrogens (primary N) is 1. The minimum atomic E-state index is -2.21. The maximum absolute atomic E-state index is 13.3. The summed E-state index contributed by atoms with van der Waals surface area (Å²) in [5.41, 5.74) is 6.07. The molecule has 3 aromatic rings. The number of nitrogens with zero attached hydrogens (tertiary/aromatic N) is 6. The molecule has 1 amide bonds. The molecule has 8 radical (unpaired) electrons. The van der Waals surface area contributed by atoms with Crippen molar-refractivity contribution in [2.24, 2.45) is 0 Å². The molecule has 0 spiro atoms. The smallest absolute Gasteiger partial charge is 0.257 e. The van der Waals surface area contributed by atoms with E-state index in [1.54, 1.807) is 12.1 Å². The number of hydrogen-bond acceptors (Lipinski definition) is 7. The van der Waals surface area contributed by atoms with Gasteiger partial charge in [-0.25, -0.2) is 9.50 Å². The van der Waals surface area contributed by atoms with Crippen LogP contribution >= 0.6 is 0 Å². The van der Waals surface area contributed by atoms with Crippen molar-refractivity contribution in [2.75, 3.05) is 10.6 Å². The van der Waals surface area contributed by atoms with Crippen molar-refractivity contribution in [2.45, 2.75) is 30.2 Å². The molecule has 0 aliphatic carbocycles. The summed E-state index contributed by atoms with van der Waals surface area (Å²) >= 11 is 0. The molecule has 1 aromatic carbocycles. The predicted octanol–water partition coefficient (Wildman–Crippen LogP) is -0.155. The Morgan fingerprint density at radius 3 is 2.39 bits per heavy atom. The van der Waals surface area contributed by atoms with E-state index in [-0.39, 0.29) is 22.6 Å². The van der Waals surface area contributed by atoms with Crippen LogP contribution in [0.1, 0.15) is 25.0 Å². The summed E-state index contributed by atoms with van der Waals surface area (Å²) in [7, 11) is 24.5. The summed E-state index contributed by atoms with van der Waals surface area (Å²) < 4.78 is 6.91. The molecule has 1 saturated heterocycles. The fourth-order valence-corrected chi connectivity index (χ4v) is 3.80. The molecular weight excluding hydrogens is 414 g/mol. The first-order valence-electron chi connectivity index (χ1n) is 9.63. The number of amides is 1. The largest absolute Gasteiger partial charge is 0.382 e. The van der Waals surface area contributed by atoms with Gasteiger partial charge in [0.2, 0.25) is 0 Å². The first kappa shape index (κ1) is 22.5. The monoisotopic (exact) mass is 427 g/mol. The highest BCUT2D eigenvalue weighted by molar-refractivity contribution is 6.56.